The summed E-state index contributed by atoms with van der Waals surface area (Å²) in [6.45, 7) is 6.10. The zero-order chi connectivity index (χ0) is 10.2. The molecule has 15 heavy (non-hydrogen) atoms. The molecule has 0 aromatic heterocycles. The second kappa shape index (κ2) is 4.43. The summed E-state index contributed by atoms with van der Waals surface area (Å²) in [5, 5.41) is 0. The van der Waals surface area contributed by atoms with E-state index in [0.717, 1.165) is 11.1 Å². The molecule has 1 nitrogen and oxygen atoms in total. The van der Waals surface area contributed by atoms with Crippen LogP contribution in [0.25, 0.3) is 5.57 Å². The average molecular weight is 293 g/mol. The van der Waals surface area contributed by atoms with Gasteiger partial charge in [-0.05, 0) is 18.1 Å². The summed E-state index contributed by atoms with van der Waals surface area (Å²) < 4.78 is 0. The molecular weight excluding hydrogens is 279 g/mol. The van der Waals surface area contributed by atoms with E-state index in [1.807, 2.05) is 37.3 Å². The first-order valence-electron chi connectivity index (χ1n) is 4.75. The Kier molecular flexibility index (Phi) is 3.65. The topological polar surface area (TPSA) is 17.1 Å². The summed E-state index contributed by atoms with van der Waals surface area (Å²) in [4.78, 5) is 11.3. The van der Waals surface area contributed by atoms with Crippen LogP contribution in [0.15, 0.2) is 36.4 Å². The Labute approximate surface area is 104 Å². The first kappa shape index (κ1) is 12.4. The Bertz CT molecular complexity index is 390. The van der Waals surface area contributed by atoms with E-state index in [1.54, 1.807) is 6.08 Å². The number of carbonyl (C=O) groups is 1. The Balaban J connectivity index is 0.00000112. The number of ketones is 1. The number of hydrogen-bond acceptors (Lipinski definition) is 1. The SMILES string of the molecule is [CH2-]C1(C)CC(=O)C=C1c1ccccc1.[PdH+]. The normalized spacial score (nSPS) is 24.7. The van der Waals surface area contributed by atoms with Crippen molar-refractivity contribution in [2.24, 2.45) is 5.41 Å². The number of carbonyl (C=O) groups excluding carboxylic acids is 1. The molecule has 0 N–H and O–H groups in total. The van der Waals surface area contributed by atoms with Crippen LogP contribution in [0, 0.1) is 12.3 Å². The van der Waals surface area contributed by atoms with Gasteiger partial charge in [0.05, 0.1) is 0 Å². The third kappa shape index (κ3) is 2.45. The van der Waals surface area contributed by atoms with Crippen LogP contribution >= 0.6 is 0 Å². The van der Waals surface area contributed by atoms with Gasteiger partial charge in [-0.2, -0.15) is 0 Å². The van der Waals surface area contributed by atoms with Crippen molar-refractivity contribution in [3.63, 3.8) is 0 Å². The molecule has 1 atom stereocenters. The van der Waals surface area contributed by atoms with Crippen LogP contribution in [0.5, 0.6) is 0 Å². The van der Waals surface area contributed by atoms with E-state index < -0.39 is 0 Å². The minimum atomic E-state index is -0.252. The molecule has 0 aliphatic heterocycles. The van der Waals surface area contributed by atoms with Gasteiger partial charge in [0.2, 0.25) is 0 Å². The molecule has 1 unspecified atom stereocenters. The molecule has 0 fully saturated rings. The summed E-state index contributed by atoms with van der Waals surface area (Å²) >= 11 is 0. The van der Waals surface area contributed by atoms with Gasteiger partial charge in [-0.15, -0.1) is 5.41 Å². The van der Waals surface area contributed by atoms with Crippen LogP contribution in [0.1, 0.15) is 18.9 Å². The fraction of sp³-hybridized carbons (Fsp3) is 0.231. The summed E-state index contributed by atoms with van der Waals surface area (Å²) in [5.41, 5.74) is 1.91. The molecule has 0 saturated carbocycles. The predicted octanol–water partition coefficient (Wildman–Crippen LogP) is 2.61. The quantitative estimate of drug-likeness (QED) is 0.574. The van der Waals surface area contributed by atoms with Gasteiger partial charge >= 0.3 is 20.4 Å². The molecule has 0 heterocycles. The Hall–Kier alpha value is -0.708. The summed E-state index contributed by atoms with van der Waals surface area (Å²) in [6.07, 6.45) is 2.25. The monoisotopic (exact) mass is 292 g/mol. The third-order valence-corrected chi connectivity index (χ3v) is 2.60. The molecule has 0 bridgehead atoms. The maximum absolute atomic E-state index is 11.3. The summed E-state index contributed by atoms with van der Waals surface area (Å²) in [7, 11) is 0. The predicted molar refractivity (Wildman–Crippen MR) is 58.9 cm³/mol. The van der Waals surface area contributed by atoms with Crippen molar-refractivity contribution < 1.29 is 25.2 Å². The van der Waals surface area contributed by atoms with Crippen LogP contribution in [0.2, 0.25) is 0 Å². The molecule has 1 aromatic rings. The van der Waals surface area contributed by atoms with E-state index in [0.29, 0.717) is 6.42 Å². The molecule has 1 aromatic carbocycles. The van der Waals surface area contributed by atoms with Gasteiger partial charge in [-0.25, -0.2) is 0 Å². The van der Waals surface area contributed by atoms with Gasteiger partial charge in [-0.1, -0.05) is 42.8 Å². The van der Waals surface area contributed by atoms with Crippen molar-refractivity contribution in [2.75, 3.05) is 0 Å². The Morgan fingerprint density at radius 3 is 2.33 bits per heavy atom. The van der Waals surface area contributed by atoms with Crippen LogP contribution in [0.3, 0.4) is 0 Å². The Morgan fingerprint density at radius 2 is 1.87 bits per heavy atom. The van der Waals surface area contributed by atoms with E-state index in [-0.39, 0.29) is 31.6 Å². The van der Waals surface area contributed by atoms with E-state index in [2.05, 4.69) is 6.92 Å². The third-order valence-electron chi connectivity index (χ3n) is 2.60. The van der Waals surface area contributed by atoms with E-state index >= 15 is 0 Å². The second-order valence-electron chi connectivity index (χ2n) is 4.13. The maximum atomic E-state index is 11.3. The van der Waals surface area contributed by atoms with Crippen LogP contribution in [0.4, 0.5) is 0 Å². The van der Waals surface area contributed by atoms with Crippen molar-refractivity contribution in [1.82, 2.24) is 0 Å². The van der Waals surface area contributed by atoms with Crippen LogP contribution in [-0.4, -0.2) is 5.78 Å². The molecule has 1 aliphatic carbocycles. The van der Waals surface area contributed by atoms with Gasteiger partial charge in [0.25, 0.3) is 0 Å². The molecule has 1 radical (unpaired) electrons. The van der Waals surface area contributed by atoms with Gasteiger partial charge in [-0.3, -0.25) is 4.79 Å². The molecule has 2 heteroatoms. The fourth-order valence-electron chi connectivity index (χ4n) is 1.92. The molecule has 82 valence electrons. The average Bonchev–Trinajstić information content (AvgIpc) is 2.41. The van der Waals surface area contributed by atoms with Crippen molar-refractivity contribution in [3.8, 4) is 0 Å². The molecule has 0 amide bonds. The molecule has 0 saturated heterocycles. The van der Waals surface area contributed by atoms with E-state index in [1.165, 1.54) is 0 Å². The first-order valence-corrected chi connectivity index (χ1v) is 4.75. The molecule has 2 rings (SSSR count). The van der Waals surface area contributed by atoms with Crippen molar-refractivity contribution >= 4 is 11.4 Å². The first-order chi connectivity index (χ1) is 6.59. The standard InChI is InChI=1S/C13H13O.Pd.H/c1-13(2)9-11(14)8-12(13)10-6-4-3-5-7-10;;/h3-8H,1,9H2,2H3;;/q-1;+1;. The number of hydrogen-bond donors (Lipinski definition) is 0. The van der Waals surface area contributed by atoms with Crippen molar-refractivity contribution in [2.45, 2.75) is 13.3 Å². The van der Waals surface area contributed by atoms with Crippen molar-refractivity contribution in [1.29, 1.82) is 0 Å². The van der Waals surface area contributed by atoms with Crippen LogP contribution < -0.4 is 0 Å². The zero-order valence-electron chi connectivity index (χ0n) is 8.62. The zero-order valence-corrected chi connectivity index (χ0v) is 10.3. The molecule has 0 spiro atoms. The second-order valence-corrected chi connectivity index (χ2v) is 4.13. The summed E-state index contributed by atoms with van der Waals surface area (Å²) in [5.74, 6) is 0.182. The minimum absolute atomic E-state index is 0. The Morgan fingerprint density at radius 1 is 1.27 bits per heavy atom. The van der Waals surface area contributed by atoms with Gasteiger partial charge in [0, 0.05) is 0 Å². The van der Waals surface area contributed by atoms with Crippen LogP contribution in [-0.2, 0) is 25.2 Å². The van der Waals surface area contributed by atoms with Gasteiger partial charge < -0.3 is 6.92 Å². The summed E-state index contributed by atoms with van der Waals surface area (Å²) in [6, 6.07) is 9.98. The number of benzene rings is 1. The molecular formula is C13H14OPd. The number of allylic oxidation sites excluding steroid dienone is 2. The number of rotatable bonds is 1. The van der Waals surface area contributed by atoms with Gasteiger partial charge in [0.15, 0.2) is 5.78 Å². The van der Waals surface area contributed by atoms with Crippen molar-refractivity contribution in [3.05, 3.63) is 48.9 Å². The fourth-order valence-corrected chi connectivity index (χ4v) is 1.92. The molecule has 1 aliphatic rings. The van der Waals surface area contributed by atoms with Gasteiger partial charge in [0.1, 0.15) is 0 Å². The van der Waals surface area contributed by atoms with E-state index in [4.69, 9.17) is 0 Å². The van der Waals surface area contributed by atoms with E-state index in [9.17, 15) is 4.79 Å².